The molecular formula is C15H22F2N4O2. The normalized spacial score (nSPS) is 11.1. The van der Waals surface area contributed by atoms with E-state index < -0.39 is 18.3 Å². The van der Waals surface area contributed by atoms with Crippen molar-refractivity contribution in [1.82, 2.24) is 20.9 Å². The number of aromatic nitrogens is 1. The summed E-state index contributed by atoms with van der Waals surface area (Å²) in [6.45, 7) is 4.18. The second kappa shape index (κ2) is 9.14. The molecule has 0 radical (unpaired) electrons. The SMILES string of the molecule is CCNC(=O)CNCc1cc(CNC(=O)C(F)(F)CC)ccn1. The molecule has 0 aromatic carbocycles. The van der Waals surface area contributed by atoms with Crippen LogP contribution in [0.15, 0.2) is 18.3 Å². The Morgan fingerprint density at radius 1 is 1.22 bits per heavy atom. The van der Waals surface area contributed by atoms with Gasteiger partial charge < -0.3 is 16.0 Å². The van der Waals surface area contributed by atoms with Crippen LogP contribution in [0.1, 0.15) is 31.5 Å². The molecule has 8 heteroatoms. The largest absolute Gasteiger partial charge is 0.355 e. The number of alkyl halides is 2. The van der Waals surface area contributed by atoms with Crippen LogP contribution in [-0.4, -0.2) is 35.8 Å². The highest BCUT2D eigenvalue weighted by atomic mass is 19.3. The summed E-state index contributed by atoms with van der Waals surface area (Å²) in [5.74, 6) is -4.75. The van der Waals surface area contributed by atoms with Crippen molar-refractivity contribution in [2.24, 2.45) is 0 Å². The molecule has 0 aliphatic carbocycles. The number of pyridine rings is 1. The molecule has 1 aromatic heterocycles. The summed E-state index contributed by atoms with van der Waals surface area (Å²) in [6.07, 6.45) is 0.993. The van der Waals surface area contributed by atoms with Crippen molar-refractivity contribution in [3.63, 3.8) is 0 Å². The summed E-state index contributed by atoms with van der Waals surface area (Å²) < 4.78 is 26.3. The van der Waals surface area contributed by atoms with Crippen LogP contribution in [0.5, 0.6) is 0 Å². The first kappa shape index (κ1) is 19.0. The molecular weight excluding hydrogens is 306 g/mol. The lowest BCUT2D eigenvalue weighted by molar-refractivity contribution is -0.146. The van der Waals surface area contributed by atoms with E-state index in [1.54, 1.807) is 12.1 Å². The fraction of sp³-hybridized carbons (Fsp3) is 0.533. The van der Waals surface area contributed by atoms with Crippen molar-refractivity contribution in [3.05, 3.63) is 29.6 Å². The van der Waals surface area contributed by atoms with Crippen LogP contribution in [0, 0.1) is 0 Å². The van der Waals surface area contributed by atoms with Crippen molar-refractivity contribution >= 4 is 11.8 Å². The van der Waals surface area contributed by atoms with E-state index in [1.807, 2.05) is 6.92 Å². The second-order valence-electron chi connectivity index (χ2n) is 4.95. The third-order valence-electron chi connectivity index (χ3n) is 3.08. The summed E-state index contributed by atoms with van der Waals surface area (Å²) in [4.78, 5) is 26.7. The monoisotopic (exact) mass is 328 g/mol. The smallest absolute Gasteiger partial charge is 0.324 e. The summed E-state index contributed by atoms with van der Waals surface area (Å²) >= 11 is 0. The van der Waals surface area contributed by atoms with Gasteiger partial charge in [0.2, 0.25) is 5.91 Å². The minimum Gasteiger partial charge on any atom is -0.355 e. The van der Waals surface area contributed by atoms with Crippen LogP contribution in [-0.2, 0) is 22.7 Å². The molecule has 0 aliphatic rings. The van der Waals surface area contributed by atoms with E-state index in [2.05, 4.69) is 20.9 Å². The van der Waals surface area contributed by atoms with Crippen LogP contribution in [0.3, 0.4) is 0 Å². The molecule has 0 aliphatic heterocycles. The summed E-state index contributed by atoms with van der Waals surface area (Å²) in [5, 5.41) is 7.79. The molecule has 3 N–H and O–H groups in total. The highest BCUT2D eigenvalue weighted by Crippen LogP contribution is 2.17. The lowest BCUT2D eigenvalue weighted by Crippen LogP contribution is -2.39. The number of amides is 2. The van der Waals surface area contributed by atoms with Gasteiger partial charge in [-0.1, -0.05) is 6.92 Å². The van der Waals surface area contributed by atoms with Crippen molar-refractivity contribution in [3.8, 4) is 0 Å². The Morgan fingerprint density at radius 2 is 1.96 bits per heavy atom. The predicted octanol–water partition coefficient (Wildman–Crippen LogP) is 0.969. The zero-order chi connectivity index (χ0) is 17.3. The molecule has 0 atom stereocenters. The maximum Gasteiger partial charge on any atom is 0.324 e. The van der Waals surface area contributed by atoms with Gasteiger partial charge in [-0.2, -0.15) is 8.78 Å². The quantitative estimate of drug-likeness (QED) is 0.631. The molecule has 1 heterocycles. The Bertz CT molecular complexity index is 538. The number of halogens is 2. The van der Waals surface area contributed by atoms with Gasteiger partial charge in [0, 0.05) is 32.3 Å². The first-order valence-electron chi connectivity index (χ1n) is 7.46. The highest BCUT2D eigenvalue weighted by Gasteiger charge is 2.35. The molecule has 0 bridgehead atoms. The van der Waals surface area contributed by atoms with Gasteiger partial charge in [-0.15, -0.1) is 0 Å². The molecule has 0 spiro atoms. The highest BCUT2D eigenvalue weighted by molar-refractivity contribution is 5.83. The molecule has 1 rings (SSSR count). The van der Waals surface area contributed by atoms with Crippen molar-refractivity contribution in [2.75, 3.05) is 13.1 Å². The maximum absolute atomic E-state index is 13.2. The number of likely N-dealkylation sites (N-methyl/N-ethyl adjacent to an activating group) is 1. The van der Waals surface area contributed by atoms with Crippen LogP contribution >= 0.6 is 0 Å². The van der Waals surface area contributed by atoms with Gasteiger partial charge in [0.1, 0.15) is 0 Å². The lowest BCUT2D eigenvalue weighted by Gasteiger charge is -2.14. The molecule has 0 fully saturated rings. The first-order valence-corrected chi connectivity index (χ1v) is 7.46. The van der Waals surface area contributed by atoms with Gasteiger partial charge in [-0.25, -0.2) is 0 Å². The number of carbonyl (C=O) groups excluding carboxylic acids is 2. The zero-order valence-corrected chi connectivity index (χ0v) is 13.3. The number of nitrogens with one attached hydrogen (secondary N) is 3. The average Bonchev–Trinajstić information content (AvgIpc) is 2.53. The minimum atomic E-state index is -3.36. The van der Waals surface area contributed by atoms with Crippen molar-refractivity contribution in [1.29, 1.82) is 0 Å². The predicted molar refractivity (Wildman–Crippen MR) is 81.7 cm³/mol. The second-order valence-corrected chi connectivity index (χ2v) is 4.95. The van der Waals surface area contributed by atoms with E-state index in [-0.39, 0.29) is 19.0 Å². The molecule has 23 heavy (non-hydrogen) atoms. The van der Waals surface area contributed by atoms with Gasteiger partial charge in [0.25, 0.3) is 5.91 Å². The van der Waals surface area contributed by atoms with E-state index in [1.165, 1.54) is 13.1 Å². The Kier molecular flexibility index (Phi) is 7.53. The molecule has 0 saturated carbocycles. The van der Waals surface area contributed by atoms with Crippen LogP contribution < -0.4 is 16.0 Å². The van der Waals surface area contributed by atoms with Crippen molar-refractivity contribution < 1.29 is 18.4 Å². The molecule has 6 nitrogen and oxygen atoms in total. The molecule has 0 unspecified atom stereocenters. The standard InChI is InChI=1S/C15H22F2N4O2/c1-3-15(16,17)14(23)21-8-11-5-6-20-12(7-11)9-18-10-13(22)19-4-2/h5-7,18H,3-4,8-10H2,1-2H3,(H,19,22)(H,21,23). The van der Waals surface area contributed by atoms with Gasteiger partial charge in [-0.05, 0) is 24.6 Å². The zero-order valence-electron chi connectivity index (χ0n) is 13.3. The average molecular weight is 328 g/mol. The van der Waals surface area contributed by atoms with Gasteiger partial charge in [-0.3, -0.25) is 14.6 Å². The number of carbonyl (C=O) groups is 2. The van der Waals surface area contributed by atoms with E-state index >= 15 is 0 Å². The first-order chi connectivity index (χ1) is 10.9. The maximum atomic E-state index is 13.2. The molecule has 1 aromatic rings. The number of hydrogen-bond acceptors (Lipinski definition) is 4. The Balaban J connectivity index is 2.47. The lowest BCUT2D eigenvalue weighted by atomic mass is 10.2. The summed E-state index contributed by atoms with van der Waals surface area (Å²) in [5.41, 5.74) is 1.32. The molecule has 128 valence electrons. The third-order valence-corrected chi connectivity index (χ3v) is 3.08. The van der Waals surface area contributed by atoms with Gasteiger partial charge in [0.05, 0.1) is 12.2 Å². The minimum absolute atomic E-state index is 0.000262. The summed E-state index contributed by atoms with van der Waals surface area (Å²) in [7, 11) is 0. The number of rotatable bonds is 9. The van der Waals surface area contributed by atoms with E-state index in [0.29, 0.717) is 24.3 Å². The Hall–Kier alpha value is -2.09. The van der Waals surface area contributed by atoms with Crippen molar-refractivity contribution in [2.45, 2.75) is 39.3 Å². The summed E-state index contributed by atoms with van der Waals surface area (Å²) in [6, 6.07) is 3.33. The van der Waals surface area contributed by atoms with E-state index in [4.69, 9.17) is 0 Å². The topological polar surface area (TPSA) is 83.1 Å². The van der Waals surface area contributed by atoms with E-state index in [9.17, 15) is 18.4 Å². The molecule has 2 amide bonds. The molecule has 0 saturated heterocycles. The third kappa shape index (κ3) is 6.68. The van der Waals surface area contributed by atoms with E-state index in [0.717, 1.165) is 0 Å². The van der Waals surface area contributed by atoms with Crippen LogP contribution in [0.25, 0.3) is 0 Å². The fourth-order valence-corrected chi connectivity index (χ4v) is 1.77. The Morgan fingerprint density at radius 3 is 2.61 bits per heavy atom. The van der Waals surface area contributed by atoms with Gasteiger partial charge >= 0.3 is 5.92 Å². The number of nitrogens with zero attached hydrogens (tertiary/aromatic N) is 1. The Labute approximate surface area is 134 Å². The van der Waals surface area contributed by atoms with Crippen LogP contribution in [0.4, 0.5) is 8.78 Å². The fourth-order valence-electron chi connectivity index (χ4n) is 1.77. The van der Waals surface area contributed by atoms with Crippen LogP contribution in [0.2, 0.25) is 0 Å². The number of hydrogen-bond donors (Lipinski definition) is 3. The van der Waals surface area contributed by atoms with Gasteiger partial charge in [0.15, 0.2) is 0 Å².